The van der Waals surface area contributed by atoms with Gasteiger partial charge in [-0.25, -0.2) is 0 Å². The third kappa shape index (κ3) is 6.42. The molecule has 0 saturated heterocycles. The maximum Gasteiger partial charge on any atom is 0.325 e. The quantitative estimate of drug-likeness (QED) is 0.435. The molecule has 8 nitrogen and oxygen atoms in total. The smallest absolute Gasteiger partial charge is 0.325 e. The Labute approximate surface area is 182 Å². The zero-order valence-corrected chi connectivity index (χ0v) is 18.7. The van der Waals surface area contributed by atoms with Crippen LogP contribution in [0.5, 0.6) is 5.75 Å². The van der Waals surface area contributed by atoms with Crippen LogP contribution in [0.1, 0.15) is 52.0 Å². The SMILES string of the molecule is CCOc1ccc(C(=O)NCC(=O)OCC(=O)c2cc(C)n(C(C)COC)c2C)cc1. The second kappa shape index (κ2) is 11.3. The predicted molar refractivity (Wildman–Crippen MR) is 116 cm³/mol. The monoisotopic (exact) mass is 430 g/mol. The molecule has 1 amide bonds. The summed E-state index contributed by atoms with van der Waals surface area (Å²) in [6.07, 6.45) is 0. The molecule has 8 heteroatoms. The minimum atomic E-state index is -0.686. The number of methoxy groups -OCH3 is 1. The van der Waals surface area contributed by atoms with Gasteiger partial charge in [-0.3, -0.25) is 14.4 Å². The largest absolute Gasteiger partial charge is 0.494 e. The van der Waals surface area contributed by atoms with E-state index in [4.69, 9.17) is 14.2 Å². The van der Waals surface area contributed by atoms with Crippen LogP contribution in [0.3, 0.4) is 0 Å². The molecule has 0 bridgehead atoms. The molecule has 1 unspecified atom stereocenters. The molecule has 0 fully saturated rings. The van der Waals surface area contributed by atoms with E-state index < -0.39 is 11.9 Å². The zero-order valence-electron chi connectivity index (χ0n) is 18.7. The summed E-state index contributed by atoms with van der Waals surface area (Å²) < 4.78 is 17.6. The second-order valence-electron chi connectivity index (χ2n) is 7.18. The molecule has 0 aliphatic carbocycles. The molecule has 1 N–H and O–H groups in total. The lowest BCUT2D eigenvalue weighted by Gasteiger charge is -2.17. The number of ketones is 1. The molecule has 1 aromatic carbocycles. The van der Waals surface area contributed by atoms with Gasteiger partial charge in [0.05, 0.1) is 19.3 Å². The van der Waals surface area contributed by atoms with Crippen LogP contribution in [-0.4, -0.2) is 55.7 Å². The van der Waals surface area contributed by atoms with Crippen LogP contribution < -0.4 is 10.1 Å². The number of Topliss-reactive ketones (excluding diaryl/α,β-unsaturated/α-hetero) is 1. The van der Waals surface area contributed by atoms with E-state index in [2.05, 4.69) is 5.32 Å². The van der Waals surface area contributed by atoms with Gasteiger partial charge < -0.3 is 24.1 Å². The Bertz CT molecular complexity index is 917. The van der Waals surface area contributed by atoms with Crippen molar-refractivity contribution in [2.45, 2.75) is 33.7 Å². The van der Waals surface area contributed by atoms with Crippen LogP contribution in [-0.2, 0) is 14.3 Å². The number of rotatable bonds is 11. The molecule has 31 heavy (non-hydrogen) atoms. The van der Waals surface area contributed by atoms with Crippen LogP contribution in [0.15, 0.2) is 30.3 Å². The van der Waals surface area contributed by atoms with Crippen molar-refractivity contribution in [2.75, 3.05) is 33.5 Å². The van der Waals surface area contributed by atoms with Gasteiger partial charge in [0.1, 0.15) is 12.3 Å². The number of nitrogens with one attached hydrogen (secondary N) is 1. The Hall–Kier alpha value is -3.13. The normalized spacial score (nSPS) is 11.6. The molecule has 0 spiro atoms. The number of esters is 1. The van der Waals surface area contributed by atoms with Crippen molar-refractivity contribution in [1.82, 2.24) is 9.88 Å². The van der Waals surface area contributed by atoms with Crippen molar-refractivity contribution >= 4 is 17.7 Å². The third-order valence-electron chi connectivity index (χ3n) is 4.82. The van der Waals surface area contributed by atoms with E-state index in [1.807, 2.05) is 32.3 Å². The summed E-state index contributed by atoms with van der Waals surface area (Å²) >= 11 is 0. The van der Waals surface area contributed by atoms with Gasteiger partial charge in [0.2, 0.25) is 5.78 Å². The fourth-order valence-electron chi connectivity index (χ4n) is 3.45. The average Bonchev–Trinajstić information content (AvgIpc) is 3.05. The Balaban J connectivity index is 1.86. The highest BCUT2D eigenvalue weighted by atomic mass is 16.5. The van der Waals surface area contributed by atoms with Crippen LogP contribution in [0.25, 0.3) is 0 Å². The van der Waals surface area contributed by atoms with E-state index in [0.29, 0.717) is 30.1 Å². The summed E-state index contributed by atoms with van der Waals surface area (Å²) in [6, 6.07) is 8.43. The number of hydrogen-bond acceptors (Lipinski definition) is 6. The topological polar surface area (TPSA) is 95.9 Å². The van der Waals surface area contributed by atoms with E-state index in [0.717, 1.165) is 11.4 Å². The summed E-state index contributed by atoms with van der Waals surface area (Å²) in [7, 11) is 1.63. The third-order valence-corrected chi connectivity index (χ3v) is 4.82. The minimum Gasteiger partial charge on any atom is -0.494 e. The number of nitrogens with zero attached hydrogens (tertiary/aromatic N) is 1. The molecular formula is C23H30N2O6. The number of carbonyl (C=O) groups excluding carboxylic acids is 3. The van der Waals surface area contributed by atoms with Crippen molar-refractivity contribution in [3.63, 3.8) is 0 Å². The highest BCUT2D eigenvalue weighted by Gasteiger charge is 2.20. The molecule has 2 aromatic rings. The molecule has 0 aliphatic rings. The molecule has 2 rings (SSSR count). The molecule has 0 radical (unpaired) electrons. The van der Waals surface area contributed by atoms with Gasteiger partial charge in [-0.1, -0.05) is 0 Å². The Morgan fingerprint density at radius 2 is 1.81 bits per heavy atom. The molecule has 0 saturated carbocycles. The summed E-state index contributed by atoms with van der Waals surface area (Å²) in [5.74, 6) is -0.737. The van der Waals surface area contributed by atoms with Crippen molar-refractivity contribution in [3.05, 3.63) is 52.8 Å². The van der Waals surface area contributed by atoms with E-state index >= 15 is 0 Å². The Morgan fingerprint density at radius 1 is 1.13 bits per heavy atom. The zero-order chi connectivity index (χ0) is 23.0. The fraction of sp³-hybridized carbons (Fsp3) is 0.435. The summed E-state index contributed by atoms with van der Waals surface area (Å²) in [5, 5.41) is 2.48. The lowest BCUT2D eigenvalue weighted by atomic mass is 10.1. The molecule has 1 heterocycles. The lowest BCUT2D eigenvalue weighted by molar-refractivity contribution is -0.141. The van der Waals surface area contributed by atoms with Gasteiger partial charge >= 0.3 is 5.97 Å². The first-order chi connectivity index (χ1) is 14.8. The summed E-state index contributed by atoms with van der Waals surface area (Å²) in [5.41, 5.74) is 2.63. The predicted octanol–water partition coefficient (Wildman–Crippen LogP) is 2.87. The first-order valence-electron chi connectivity index (χ1n) is 10.2. The highest BCUT2D eigenvalue weighted by Crippen LogP contribution is 2.21. The number of ether oxygens (including phenoxy) is 3. The number of carbonyl (C=O) groups is 3. The average molecular weight is 431 g/mol. The van der Waals surface area contributed by atoms with Gasteiger partial charge in [-0.05, 0) is 58.0 Å². The van der Waals surface area contributed by atoms with E-state index in [9.17, 15) is 14.4 Å². The van der Waals surface area contributed by atoms with Crippen molar-refractivity contribution < 1.29 is 28.6 Å². The lowest BCUT2D eigenvalue weighted by Crippen LogP contribution is -2.31. The molecule has 1 aromatic heterocycles. The molecule has 0 aliphatic heterocycles. The fourth-order valence-corrected chi connectivity index (χ4v) is 3.45. The van der Waals surface area contributed by atoms with Gasteiger partial charge in [0.15, 0.2) is 6.61 Å². The Kier molecular flexibility index (Phi) is 8.81. The van der Waals surface area contributed by atoms with E-state index in [-0.39, 0.29) is 25.0 Å². The van der Waals surface area contributed by atoms with Gasteiger partial charge in [-0.15, -0.1) is 0 Å². The summed E-state index contributed by atoms with van der Waals surface area (Å²) in [4.78, 5) is 36.7. The number of benzene rings is 1. The standard InChI is InChI=1S/C23H30N2O6/c1-6-30-19-9-7-18(8-10-19)23(28)24-12-22(27)31-14-21(26)20-11-15(2)25(17(20)4)16(3)13-29-5/h7-11,16H,6,12-14H2,1-5H3,(H,24,28). The maximum absolute atomic E-state index is 12.5. The van der Waals surface area contributed by atoms with Gasteiger partial charge in [0.25, 0.3) is 5.91 Å². The summed E-state index contributed by atoms with van der Waals surface area (Å²) in [6.45, 7) is 7.98. The number of aromatic nitrogens is 1. The van der Waals surface area contributed by atoms with E-state index in [1.165, 1.54) is 0 Å². The van der Waals surface area contributed by atoms with Gasteiger partial charge in [0, 0.05) is 29.6 Å². The number of aryl methyl sites for hydroxylation is 1. The second-order valence-corrected chi connectivity index (χ2v) is 7.18. The highest BCUT2D eigenvalue weighted by molar-refractivity contribution is 6.00. The number of hydrogen-bond donors (Lipinski definition) is 1. The van der Waals surface area contributed by atoms with Crippen LogP contribution >= 0.6 is 0 Å². The maximum atomic E-state index is 12.5. The first kappa shape index (κ1) is 24.1. The van der Waals surface area contributed by atoms with Crippen molar-refractivity contribution in [2.24, 2.45) is 0 Å². The van der Waals surface area contributed by atoms with E-state index in [1.54, 1.807) is 37.4 Å². The van der Waals surface area contributed by atoms with Crippen molar-refractivity contribution in [3.8, 4) is 5.75 Å². The number of amides is 1. The van der Waals surface area contributed by atoms with Crippen LogP contribution in [0.4, 0.5) is 0 Å². The molecule has 168 valence electrons. The first-order valence-corrected chi connectivity index (χ1v) is 10.2. The van der Waals surface area contributed by atoms with Crippen LogP contribution in [0.2, 0.25) is 0 Å². The van der Waals surface area contributed by atoms with Crippen LogP contribution in [0, 0.1) is 13.8 Å². The van der Waals surface area contributed by atoms with Crippen molar-refractivity contribution in [1.29, 1.82) is 0 Å². The Morgan fingerprint density at radius 3 is 2.42 bits per heavy atom. The molecular weight excluding hydrogens is 400 g/mol. The molecule has 1 atom stereocenters. The minimum absolute atomic E-state index is 0.0758. The van der Waals surface area contributed by atoms with Gasteiger partial charge in [-0.2, -0.15) is 0 Å².